The first kappa shape index (κ1) is 28.2. The number of rotatable bonds is 1. The van der Waals surface area contributed by atoms with Crippen LogP contribution in [0, 0.1) is 13.8 Å². The Morgan fingerprint density at radius 2 is 0.947 bits per heavy atom. The van der Waals surface area contributed by atoms with Crippen LogP contribution in [0.5, 0.6) is 17.2 Å². The number of hydrogen-bond acceptors (Lipinski definition) is 5. The number of aromatic hydroxyl groups is 3. The number of fused-ring (bicyclic) bond motifs is 2. The lowest BCUT2D eigenvalue weighted by Gasteiger charge is -2.00. The molecule has 0 amide bonds. The molecule has 0 atom stereocenters. The van der Waals surface area contributed by atoms with Crippen LogP contribution < -0.4 is 0 Å². The standard InChI is InChI=1S/C12H10O.2C10H9NO.Al/c13-12-8-4-7-11(9-12)10-5-2-1-3-6-10;2*1-7-5-6-8-3-2-4-9(12)10(8)11-7;/h1-9,13H;2*2-6,12H,1H3;. The van der Waals surface area contributed by atoms with Gasteiger partial charge in [0, 0.05) is 39.5 Å². The molecule has 2 heterocycles. The van der Waals surface area contributed by atoms with Gasteiger partial charge in [0.15, 0.2) is 0 Å². The second-order valence-electron chi connectivity index (χ2n) is 8.52. The van der Waals surface area contributed by atoms with Crippen molar-refractivity contribution in [1.29, 1.82) is 0 Å². The molecule has 6 heteroatoms. The normalized spacial score (nSPS) is 9.95. The van der Waals surface area contributed by atoms with Crippen LogP contribution in [-0.4, -0.2) is 42.6 Å². The average molecular weight is 516 g/mol. The fraction of sp³-hybridized carbons (Fsp3) is 0.0625. The molecule has 0 bridgehead atoms. The average Bonchev–Trinajstić information content (AvgIpc) is 2.91. The first-order valence-corrected chi connectivity index (χ1v) is 11.9. The zero-order valence-corrected chi connectivity index (χ0v) is 22.4. The SMILES string of the molecule is Cc1ccc2cccc(O)c2n1.Cc1ccc2cccc(O)c2n1.Oc1cccc(-c2ccccc2)c1.[Al]. The van der Waals surface area contributed by atoms with Crippen molar-refractivity contribution in [2.45, 2.75) is 13.8 Å². The number of phenols is 3. The Kier molecular flexibility index (Phi) is 9.84. The summed E-state index contributed by atoms with van der Waals surface area (Å²) < 4.78 is 0. The van der Waals surface area contributed by atoms with E-state index in [4.69, 9.17) is 0 Å². The van der Waals surface area contributed by atoms with E-state index in [-0.39, 0.29) is 28.9 Å². The van der Waals surface area contributed by atoms with Gasteiger partial charge in [0.25, 0.3) is 0 Å². The van der Waals surface area contributed by atoms with Gasteiger partial charge in [0.1, 0.15) is 28.3 Å². The molecular weight excluding hydrogens is 487 g/mol. The Hall–Kier alpha value is -4.37. The minimum Gasteiger partial charge on any atom is -0.508 e. The predicted molar refractivity (Wildman–Crippen MR) is 156 cm³/mol. The summed E-state index contributed by atoms with van der Waals surface area (Å²) in [6.07, 6.45) is 0. The largest absolute Gasteiger partial charge is 0.508 e. The molecule has 38 heavy (non-hydrogen) atoms. The molecule has 6 rings (SSSR count). The van der Waals surface area contributed by atoms with E-state index < -0.39 is 0 Å². The summed E-state index contributed by atoms with van der Waals surface area (Å²) in [4.78, 5) is 8.45. The zero-order chi connectivity index (χ0) is 26.2. The molecule has 0 aliphatic rings. The van der Waals surface area contributed by atoms with Gasteiger partial charge in [0.05, 0.1) is 0 Å². The first-order chi connectivity index (χ1) is 17.9. The van der Waals surface area contributed by atoms with Gasteiger partial charge in [-0.05, 0) is 61.4 Å². The van der Waals surface area contributed by atoms with Gasteiger partial charge < -0.3 is 15.3 Å². The molecule has 3 radical (unpaired) electrons. The zero-order valence-electron chi connectivity index (χ0n) is 21.3. The van der Waals surface area contributed by atoms with Crippen molar-refractivity contribution in [3.05, 3.63) is 127 Å². The number of phenolic OH excluding ortho intramolecular Hbond substituents is 3. The second-order valence-corrected chi connectivity index (χ2v) is 8.52. The molecule has 0 unspecified atom stereocenters. The molecule has 6 aromatic rings. The van der Waals surface area contributed by atoms with Crippen molar-refractivity contribution >= 4 is 39.2 Å². The molecule has 0 fully saturated rings. The maximum Gasteiger partial charge on any atom is 0.141 e. The summed E-state index contributed by atoms with van der Waals surface area (Å²) in [7, 11) is 0. The lowest BCUT2D eigenvalue weighted by molar-refractivity contribution is 0.475. The van der Waals surface area contributed by atoms with Crippen molar-refractivity contribution < 1.29 is 15.3 Å². The van der Waals surface area contributed by atoms with Crippen LogP contribution in [0.2, 0.25) is 0 Å². The van der Waals surface area contributed by atoms with Crippen LogP contribution in [0.1, 0.15) is 11.4 Å². The lowest BCUT2D eigenvalue weighted by atomic mass is 10.1. The van der Waals surface area contributed by atoms with Gasteiger partial charge in [0.2, 0.25) is 0 Å². The summed E-state index contributed by atoms with van der Waals surface area (Å²) in [5.74, 6) is 0.800. The Morgan fingerprint density at radius 1 is 0.474 bits per heavy atom. The van der Waals surface area contributed by atoms with E-state index in [1.54, 1.807) is 24.3 Å². The quantitative estimate of drug-likeness (QED) is 0.202. The van der Waals surface area contributed by atoms with Gasteiger partial charge in [-0.3, -0.25) is 0 Å². The van der Waals surface area contributed by atoms with Gasteiger partial charge in [-0.25, -0.2) is 9.97 Å². The van der Waals surface area contributed by atoms with Crippen LogP contribution in [0.15, 0.2) is 115 Å². The van der Waals surface area contributed by atoms with Gasteiger partial charge in [-0.15, -0.1) is 0 Å². The Morgan fingerprint density at radius 3 is 1.45 bits per heavy atom. The third kappa shape index (κ3) is 7.33. The Balaban J connectivity index is 0.000000156. The second kappa shape index (κ2) is 13.3. The summed E-state index contributed by atoms with van der Waals surface area (Å²) in [5.41, 5.74) is 5.36. The predicted octanol–water partition coefficient (Wildman–Crippen LogP) is 7.18. The number of para-hydroxylation sites is 2. The highest BCUT2D eigenvalue weighted by Crippen LogP contribution is 2.23. The van der Waals surface area contributed by atoms with E-state index in [0.29, 0.717) is 16.8 Å². The number of nitrogens with zero attached hydrogens (tertiary/aromatic N) is 2. The summed E-state index contributed by atoms with van der Waals surface area (Å²) in [6.45, 7) is 3.82. The molecule has 0 saturated carbocycles. The van der Waals surface area contributed by atoms with Crippen LogP contribution in [0.25, 0.3) is 32.9 Å². The van der Waals surface area contributed by atoms with E-state index in [0.717, 1.165) is 33.3 Å². The van der Waals surface area contributed by atoms with Crippen molar-refractivity contribution in [1.82, 2.24) is 9.97 Å². The van der Waals surface area contributed by atoms with E-state index in [2.05, 4.69) is 9.97 Å². The fourth-order valence-corrected chi connectivity index (χ4v) is 3.77. The molecule has 187 valence electrons. The third-order valence-corrected chi connectivity index (χ3v) is 5.63. The number of hydrogen-bond donors (Lipinski definition) is 3. The number of aromatic nitrogens is 2. The molecule has 0 spiro atoms. The molecule has 0 aliphatic carbocycles. The van der Waals surface area contributed by atoms with Gasteiger partial charge in [-0.2, -0.15) is 0 Å². The molecule has 5 nitrogen and oxygen atoms in total. The minimum absolute atomic E-state index is 0. The van der Waals surface area contributed by atoms with Gasteiger partial charge in [-0.1, -0.05) is 78.9 Å². The molecule has 0 saturated heterocycles. The highest BCUT2D eigenvalue weighted by Gasteiger charge is 2.00. The van der Waals surface area contributed by atoms with Crippen molar-refractivity contribution in [3.8, 4) is 28.4 Å². The number of aryl methyl sites for hydroxylation is 2. The smallest absolute Gasteiger partial charge is 0.141 e. The topological polar surface area (TPSA) is 86.5 Å². The maximum absolute atomic E-state index is 9.43. The van der Waals surface area contributed by atoms with Crippen LogP contribution in [0.3, 0.4) is 0 Å². The molecule has 2 aromatic heterocycles. The maximum atomic E-state index is 9.43. The molecule has 0 aliphatic heterocycles. The highest BCUT2D eigenvalue weighted by molar-refractivity contribution is 5.84. The van der Waals surface area contributed by atoms with Crippen molar-refractivity contribution in [2.75, 3.05) is 0 Å². The van der Waals surface area contributed by atoms with Crippen molar-refractivity contribution in [3.63, 3.8) is 0 Å². The Labute approximate surface area is 232 Å². The highest BCUT2D eigenvalue weighted by atomic mass is 27.0. The first-order valence-electron chi connectivity index (χ1n) is 11.9. The fourth-order valence-electron chi connectivity index (χ4n) is 3.77. The summed E-state index contributed by atoms with van der Waals surface area (Å²) in [5, 5.41) is 30.1. The van der Waals surface area contributed by atoms with Crippen molar-refractivity contribution in [2.24, 2.45) is 0 Å². The van der Waals surface area contributed by atoms with Crippen LogP contribution in [-0.2, 0) is 0 Å². The minimum atomic E-state index is 0. The number of pyridine rings is 2. The van der Waals surface area contributed by atoms with Crippen LogP contribution >= 0.6 is 0 Å². The van der Waals surface area contributed by atoms with Crippen LogP contribution in [0.4, 0.5) is 0 Å². The third-order valence-electron chi connectivity index (χ3n) is 5.63. The molecule has 3 N–H and O–H groups in total. The molecule has 4 aromatic carbocycles. The van der Waals surface area contributed by atoms with Gasteiger partial charge >= 0.3 is 0 Å². The lowest BCUT2D eigenvalue weighted by Crippen LogP contribution is -1.82. The van der Waals surface area contributed by atoms with E-state index in [9.17, 15) is 15.3 Å². The van der Waals surface area contributed by atoms with E-state index >= 15 is 0 Å². The monoisotopic (exact) mass is 515 g/mol. The summed E-state index contributed by atoms with van der Waals surface area (Å²) >= 11 is 0. The van der Waals surface area contributed by atoms with E-state index in [1.807, 2.05) is 105 Å². The molecular formula is C32H28AlN2O3. The number of benzene rings is 4. The summed E-state index contributed by atoms with van der Waals surface area (Å²) in [6, 6.07) is 35.8. The Bertz CT molecular complexity index is 1560. The van der Waals surface area contributed by atoms with E-state index in [1.165, 1.54) is 0 Å².